The average Bonchev–Trinajstić information content (AvgIpc) is 2.74. The molecule has 0 aliphatic carbocycles. The molecule has 4 nitrogen and oxygen atoms in total. The molecular weight excluding hydrogens is 290 g/mol. The lowest BCUT2D eigenvalue weighted by Gasteiger charge is -2.30. The van der Waals surface area contributed by atoms with Crippen LogP contribution < -0.4 is 11.2 Å². The van der Waals surface area contributed by atoms with E-state index in [1.54, 1.807) is 11.3 Å². The third-order valence-electron chi connectivity index (χ3n) is 2.52. The van der Waals surface area contributed by atoms with Crippen molar-refractivity contribution in [2.45, 2.75) is 6.04 Å². The maximum absolute atomic E-state index is 5.80. The number of hydrogen-bond acceptors (Lipinski definition) is 5. The van der Waals surface area contributed by atoms with Crippen molar-refractivity contribution in [1.82, 2.24) is 10.4 Å². The molecule has 1 aromatic rings. The molecular formula is C10H16BrN3OS. The van der Waals surface area contributed by atoms with E-state index in [1.807, 2.05) is 0 Å². The van der Waals surface area contributed by atoms with Gasteiger partial charge in [-0.15, -0.1) is 11.3 Å². The number of morpholine rings is 1. The first-order valence-electron chi connectivity index (χ1n) is 5.32. The summed E-state index contributed by atoms with van der Waals surface area (Å²) in [5, 5.41) is 4.27. The van der Waals surface area contributed by atoms with E-state index in [4.69, 9.17) is 10.5 Å². The van der Waals surface area contributed by atoms with Crippen LogP contribution in [-0.2, 0) is 4.74 Å². The van der Waals surface area contributed by atoms with E-state index in [1.165, 1.54) is 4.88 Å². The molecule has 6 heteroatoms. The predicted molar refractivity (Wildman–Crippen MR) is 69.3 cm³/mol. The van der Waals surface area contributed by atoms with Crippen molar-refractivity contribution >= 4 is 27.3 Å². The number of hydrazine groups is 1. The van der Waals surface area contributed by atoms with Crippen molar-refractivity contribution in [3.8, 4) is 0 Å². The van der Waals surface area contributed by atoms with Gasteiger partial charge in [-0.05, 0) is 22.0 Å². The van der Waals surface area contributed by atoms with E-state index in [9.17, 15) is 0 Å². The summed E-state index contributed by atoms with van der Waals surface area (Å²) in [4.78, 5) is 1.26. The van der Waals surface area contributed by atoms with Crippen molar-refractivity contribution in [3.05, 3.63) is 20.8 Å². The number of hydrogen-bond donors (Lipinski definition) is 2. The number of ether oxygens (including phenoxy) is 1. The normalized spacial score (nSPS) is 19.9. The smallest absolute Gasteiger partial charge is 0.0680 e. The van der Waals surface area contributed by atoms with E-state index in [2.05, 4.69) is 37.8 Å². The summed E-state index contributed by atoms with van der Waals surface area (Å²) in [7, 11) is 0. The van der Waals surface area contributed by atoms with Crippen molar-refractivity contribution < 1.29 is 4.74 Å². The predicted octanol–water partition coefficient (Wildman–Crippen LogP) is 1.35. The van der Waals surface area contributed by atoms with Crippen molar-refractivity contribution in [1.29, 1.82) is 0 Å². The highest BCUT2D eigenvalue weighted by Gasteiger charge is 2.17. The van der Waals surface area contributed by atoms with E-state index in [0.717, 1.165) is 30.8 Å². The molecule has 3 N–H and O–H groups in total. The quantitative estimate of drug-likeness (QED) is 0.881. The standard InChI is InChI=1S/C10H16BrN3OS/c11-8-5-10(16-7-8)9(6-12)13-14-1-3-15-4-2-14/h5,7,9,13H,1-4,6,12H2. The van der Waals surface area contributed by atoms with Gasteiger partial charge in [0.15, 0.2) is 0 Å². The molecule has 1 aliphatic heterocycles. The van der Waals surface area contributed by atoms with E-state index in [0.29, 0.717) is 6.54 Å². The summed E-state index contributed by atoms with van der Waals surface area (Å²) in [6.07, 6.45) is 0. The second kappa shape index (κ2) is 6.09. The van der Waals surface area contributed by atoms with Crippen LogP contribution in [0.5, 0.6) is 0 Å². The second-order valence-corrected chi connectivity index (χ2v) is 5.54. The minimum Gasteiger partial charge on any atom is -0.379 e. The van der Waals surface area contributed by atoms with Crippen molar-refractivity contribution in [2.24, 2.45) is 5.73 Å². The lowest BCUT2D eigenvalue weighted by atomic mass is 10.2. The first-order chi connectivity index (χ1) is 7.79. The minimum atomic E-state index is 0.203. The maximum Gasteiger partial charge on any atom is 0.0680 e. The minimum absolute atomic E-state index is 0.203. The SMILES string of the molecule is NCC(NN1CCOCC1)c1cc(Br)cs1. The molecule has 16 heavy (non-hydrogen) atoms. The van der Waals surface area contributed by atoms with Gasteiger partial charge in [-0.1, -0.05) is 0 Å². The average molecular weight is 306 g/mol. The first kappa shape index (κ1) is 12.5. The molecule has 1 saturated heterocycles. The number of rotatable bonds is 4. The molecule has 1 atom stereocenters. The van der Waals surface area contributed by atoms with Crippen LogP contribution in [0.15, 0.2) is 15.9 Å². The summed E-state index contributed by atoms with van der Waals surface area (Å²) < 4.78 is 6.43. The molecule has 0 radical (unpaired) electrons. The molecule has 1 aliphatic rings. The Hall–Kier alpha value is 0.0200. The molecule has 1 unspecified atom stereocenters. The van der Waals surface area contributed by atoms with Gasteiger partial charge >= 0.3 is 0 Å². The number of nitrogens with one attached hydrogen (secondary N) is 1. The van der Waals surface area contributed by atoms with E-state index >= 15 is 0 Å². The lowest BCUT2D eigenvalue weighted by Crippen LogP contribution is -2.48. The molecule has 0 amide bonds. The van der Waals surface area contributed by atoms with Gasteiger partial charge in [-0.25, -0.2) is 10.4 Å². The molecule has 1 fully saturated rings. The highest BCUT2D eigenvalue weighted by Crippen LogP contribution is 2.25. The molecule has 2 heterocycles. The summed E-state index contributed by atoms with van der Waals surface area (Å²) >= 11 is 5.19. The number of nitrogens with zero attached hydrogens (tertiary/aromatic N) is 1. The monoisotopic (exact) mass is 305 g/mol. The molecule has 1 aromatic heterocycles. The molecule has 2 rings (SSSR count). The van der Waals surface area contributed by atoms with Gasteiger partial charge < -0.3 is 10.5 Å². The van der Waals surface area contributed by atoms with Gasteiger partial charge in [0.1, 0.15) is 0 Å². The summed E-state index contributed by atoms with van der Waals surface area (Å²) in [5.41, 5.74) is 9.26. The Balaban J connectivity index is 1.94. The van der Waals surface area contributed by atoms with Gasteiger partial charge in [0, 0.05) is 34.4 Å². The zero-order valence-corrected chi connectivity index (χ0v) is 11.4. The van der Waals surface area contributed by atoms with Gasteiger partial charge in [0.05, 0.1) is 19.3 Å². The Bertz CT molecular complexity index is 328. The largest absolute Gasteiger partial charge is 0.379 e. The number of thiophene rings is 1. The Morgan fingerprint density at radius 3 is 2.88 bits per heavy atom. The molecule has 90 valence electrons. The fourth-order valence-electron chi connectivity index (χ4n) is 1.66. The molecule has 0 saturated carbocycles. The third-order valence-corrected chi connectivity index (χ3v) is 4.32. The zero-order chi connectivity index (χ0) is 11.4. The Morgan fingerprint density at radius 2 is 2.31 bits per heavy atom. The Kier molecular flexibility index (Phi) is 4.75. The van der Waals surface area contributed by atoms with Crippen LogP contribution in [0.4, 0.5) is 0 Å². The third kappa shape index (κ3) is 3.26. The van der Waals surface area contributed by atoms with E-state index in [-0.39, 0.29) is 6.04 Å². The second-order valence-electron chi connectivity index (χ2n) is 3.68. The maximum atomic E-state index is 5.80. The van der Waals surface area contributed by atoms with Crippen LogP contribution in [0.25, 0.3) is 0 Å². The highest BCUT2D eigenvalue weighted by molar-refractivity contribution is 9.10. The van der Waals surface area contributed by atoms with E-state index < -0.39 is 0 Å². The van der Waals surface area contributed by atoms with Crippen LogP contribution >= 0.6 is 27.3 Å². The topological polar surface area (TPSA) is 50.5 Å². The summed E-state index contributed by atoms with van der Waals surface area (Å²) in [6, 6.07) is 2.32. The zero-order valence-electron chi connectivity index (χ0n) is 8.99. The molecule has 0 aromatic carbocycles. The number of nitrogens with two attached hydrogens (primary N) is 1. The van der Waals surface area contributed by atoms with Crippen LogP contribution in [0, 0.1) is 0 Å². The Morgan fingerprint density at radius 1 is 1.56 bits per heavy atom. The lowest BCUT2D eigenvalue weighted by molar-refractivity contribution is 0.00433. The molecule has 0 spiro atoms. The van der Waals surface area contributed by atoms with Crippen LogP contribution in [0.2, 0.25) is 0 Å². The summed E-state index contributed by atoms with van der Waals surface area (Å²) in [6.45, 7) is 4.02. The van der Waals surface area contributed by atoms with Gasteiger partial charge in [-0.3, -0.25) is 0 Å². The van der Waals surface area contributed by atoms with Crippen molar-refractivity contribution in [3.63, 3.8) is 0 Å². The van der Waals surface area contributed by atoms with Crippen molar-refractivity contribution in [2.75, 3.05) is 32.8 Å². The first-order valence-corrected chi connectivity index (χ1v) is 6.99. The van der Waals surface area contributed by atoms with Gasteiger partial charge in [0.2, 0.25) is 0 Å². The van der Waals surface area contributed by atoms with Gasteiger partial charge in [0.25, 0.3) is 0 Å². The molecule has 0 bridgehead atoms. The summed E-state index contributed by atoms with van der Waals surface area (Å²) in [5.74, 6) is 0. The Labute approximate surface area is 108 Å². The number of halogens is 1. The van der Waals surface area contributed by atoms with Crippen LogP contribution in [0.1, 0.15) is 10.9 Å². The fraction of sp³-hybridized carbons (Fsp3) is 0.600. The van der Waals surface area contributed by atoms with Crippen LogP contribution in [-0.4, -0.2) is 37.9 Å². The van der Waals surface area contributed by atoms with Gasteiger partial charge in [-0.2, -0.15) is 0 Å². The highest BCUT2D eigenvalue weighted by atomic mass is 79.9. The van der Waals surface area contributed by atoms with Crippen LogP contribution in [0.3, 0.4) is 0 Å². The fourth-order valence-corrected chi connectivity index (χ4v) is 3.16.